The number of piperazine rings is 1. The molecular formula is C20H28N4OS. The van der Waals surface area contributed by atoms with E-state index in [1.807, 2.05) is 41.7 Å². The fourth-order valence-corrected chi connectivity index (χ4v) is 4.71. The number of ether oxygens (including phenoxy) is 1. The molecule has 1 aromatic heterocycles. The Bertz CT molecular complexity index is 663. The second-order valence-electron chi connectivity index (χ2n) is 7.00. The number of rotatable bonds is 7. The number of hydrogen-bond donors (Lipinski definition) is 2. The third-order valence-corrected chi connectivity index (χ3v) is 6.31. The molecule has 3 heterocycles. The van der Waals surface area contributed by atoms with E-state index < -0.39 is 0 Å². The summed E-state index contributed by atoms with van der Waals surface area (Å²) < 4.78 is 5.82. The fraction of sp³-hybridized carbons (Fsp3) is 0.500. The highest BCUT2D eigenvalue weighted by atomic mass is 32.1. The molecule has 5 nitrogen and oxygen atoms in total. The maximum Gasteiger partial charge on any atom is 0.119 e. The highest BCUT2D eigenvalue weighted by Crippen LogP contribution is 2.27. The monoisotopic (exact) mass is 372 g/mol. The van der Waals surface area contributed by atoms with Crippen molar-refractivity contribution in [1.82, 2.24) is 20.7 Å². The van der Waals surface area contributed by atoms with Crippen molar-refractivity contribution in [3.63, 3.8) is 0 Å². The summed E-state index contributed by atoms with van der Waals surface area (Å²) in [5.74, 6) is 0.964. The van der Waals surface area contributed by atoms with E-state index in [1.165, 1.54) is 16.2 Å². The van der Waals surface area contributed by atoms with Gasteiger partial charge in [0.05, 0.1) is 6.04 Å². The van der Waals surface area contributed by atoms with Crippen LogP contribution in [-0.2, 0) is 6.54 Å². The Balaban J connectivity index is 1.17. The van der Waals surface area contributed by atoms with Crippen LogP contribution in [0, 0.1) is 0 Å². The molecule has 2 N–H and O–H groups in total. The van der Waals surface area contributed by atoms with Crippen LogP contribution in [0.5, 0.6) is 5.75 Å². The Morgan fingerprint density at radius 2 is 1.81 bits per heavy atom. The van der Waals surface area contributed by atoms with Gasteiger partial charge in [-0.25, -0.2) is 5.43 Å². The predicted molar refractivity (Wildman–Crippen MR) is 106 cm³/mol. The van der Waals surface area contributed by atoms with Gasteiger partial charge in [-0.05, 0) is 30.7 Å². The molecule has 0 saturated carbocycles. The van der Waals surface area contributed by atoms with Gasteiger partial charge >= 0.3 is 0 Å². The van der Waals surface area contributed by atoms with E-state index in [-0.39, 0.29) is 0 Å². The zero-order valence-electron chi connectivity index (χ0n) is 15.2. The van der Waals surface area contributed by atoms with E-state index in [4.69, 9.17) is 4.74 Å². The summed E-state index contributed by atoms with van der Waals surface area (Å²) in [6.07, 6.45) is 1.18. The number of nitrogens with one attached hydrogen (secondary N) is 2. The number of benzene rings is 1. The minimum Gasteiger partial charge on any atom is -0.492 e. The first-order valence-electron chi connectivity index (χ1n) is 9.56. The molecule has 140 valence electrons. The molecule has 1 atom stereocenters. The van der Waals surface area contributed by atoms with Gasteiger partial charge < -0.3 is 4.74 Å². The molecule has 0 aliphatic carbocycles. The van der Waals surface area contributed by atoms with Crippen LogP contribution >= 0.6 is 11.3 Å². The van der Waals surface area contributed by atoms with Gasteiger partial charge in [0.2, 0.25) is 0 Å². The zero-order valence-corrected chi connectivity index (χ0v) is 16.0. The second-order valence-corrected chi connectivity index (χ2v) is 8.20. The lowest BCUT2D eigenvalue weighted by molar-refractivity contribution is 0.113. The Hall–Kier alpha value is -1.44. The molecule has 0 radical (unpaired) electrons. The summed E-state index contributed by atoms with van der Waals surface area (Å²) >= 11 is 1.96. The van der Waals surface area contributed by atoms with Crippen molar-refractivity contribution < 1.29 is 4.74 Å². The molecule has 1 unspecified atom stereocenters. The standard InChI is InChI=1S/C20H28N4OS/c1-2-4-17(5-3-1)25-15-14-23-10-12-24(13-11-23)16-18-6-7-20(26-18)19-8-9-21-22-19/h1-7,19,21-22H,8-16H2. The summed E-state index contributed by atoms with van der Waals surface area (Å²) in [7, 11) is 0. The van der Waals surface area contributed by atoms with Crippen molar-refractivity contribution in [2.24, 2.45) is 0 Å². The number of nitrogens with zero attached hydrogens (tertiary/aromatic N) is 2. The maximum absolute atomic E-state index is 5.82. The summed E-state index contributed by atoms with van der Waals surface area (Å²) in [4.78, 5) is 8.02. The minimum atomic E-state index is 0.496. The fourth-order valence-electron chi connectivity index (χ4n) is 3.56. The molecule has 0 amide bonds. The molecule has 26 heavy (non-hydrogen) atoms. The van der Waals surface area contributed by atoms with Crippen molar-refractivity contribution in [3.05, 3.63) is 52.2 Å². The Kier molecular flexibility index (Phi) is 6.19. The molecule has 2 fully saturated rings. The number of hydrazine groups is 1. The van der Waals surface area contributed by atoms with Crippen LogP contribution in [0.1, 0.15) is 22.2 Å². The second kappa shape index (κ2) is 8.97. The van der Waals surface area contributed by atoms with Crippen LogP contribution in [-0.4, -0.2) is 55.7 Å². The SMILES string of the molecule is c1ccc(OCCN2CCN(Cc3ccc(C4CCNN4)s3)CC2)cc1. The van der Waals surface area contributed by atoms with Crippen molar-refractivity contribution in [2.75, 3.05) is 45.9 Å². The number of para-hydroxylation sites is 1. The summed E-state index contributed by atoms with van der Waals surface area (Å²) in [6.45, 7) is 8.46. The van der Waals surface area contributed by atoms with Crippen LogP contribution in [0.3, 0.4) is 0 Å². The number of thiophene rings is 1. The van der Waals surface area contributed by atoms with Gasteiger partial charge in [-0.15, -0.1) is 11.3 Å². The largest absolute Gasteiger partial charge is 0.492 e. The first-order chi connectivity index (χ1) is 12.9. The predicted octanol–water partition coefficient (Wildman–Crippen LogP) is 2.48. The van der Waals surface area contributed by atoms with Crippen molar-refractivity contribution in [2.45, 2.75) is 19.0 Å². The van der Waals surface area contributed by atoms with Crippen molar-refractivity contribution in [3.8, 4) is 5.75 Å². The van der Waals surface area contributed by atoms with E-state index >= 15 is 0 Å². The molecule has 2 aromatic rings. The van der Waals surface area contributed by atoms with E-state index in [9.17, 15) is 0 Å². The van der Waals surface area contributed by atoms with Gasteiger partial charge in [-0.1, -0.05) is 18.2 Å². The van der Waals surface area contributed by atoms with Crippen LogP contribution in [0.2, 0.25) is 0 Å². The molecule has 6 heteroatoms. The molecule has 1 aromatic carbocycles. The normalized spacial score (nSPS) is 21.9. The molecule has 2 aliphatic rings. The Morgan fingerprint density at radius 1 is 1.00 bits per heavy atom. The summed E-state index contributed by atoms with van der Waals surface area (Å²) in [6, 6.07) is 15.2. The highest BCUT2D eigenvalue weighted by molar-refractivity contribution is 7.12. The van der Waals surface area contributed by atoms with Gasteiger partial charge in [0.15, 0.2) is 0 Å². The van der Waals surface area contributed by atoms with Crippen LogP contribution in [0.4, 0.5) is 0 Å². The molecule has 0 spiro atoms. The smallest absolute Gasteiger partial charge is 0.119 e. The topological polar surface area (TPSA) is 39.8 Å². The Labute approximate surface area is 159 Å². The third-order valence-electron chi connectivity index (χ3n) is 5.12. The molecule has 2 aliphatic heterocycles. The van der Waals surface area contributed by atoms with Crippen LogP contribution < -0.4 is 15.6 Å². The highest BCUT2D eigenvalue weighted by Gasteiger charge is 2.20. The summed E-state index contributed by atoms with van der Waals surface area (Å²) in [5, 5.41) is 0. The van der Waals surface area contributed by atoms with Crippen molar-refractivity contribution in [1.29, 1.82) is 0 Å². The minimum absolute atomic E-state index is 0.496. The average Bonchev–Trinajstić information content (AvgIpc) is 3.36. The first kappa shape index (κ1) is 17.9. The van der Waals surface area contributed by atoms with Crippen molar-refractivity contribution >= 4 is 11.3 Å². The average molecular weight is 373 g/mol. The van der Waals surface area contributed by atoms with E-state index in [1.54, 1.807) is 0 Å². The van der Waals surface area contributed by atoms with Gasteiger partial charge in [0.1, 0.15) is 12.4 Å². The van der Waals surface area contributed by atoms with Gasteiger partial charge in [0.25, 0.3) is 0 Å². The molecule has 0 bridgehead atoms. The van der Waals surface area contributed by atoms with Gasteiger partial charge in [-0.2, -0.15) is 0 Å². The van der Waals surface area contributed by atoms with Crippen LogP contribution in [0.25, 0.3) is 0 Å². The Morgan fingerprint density at radius 3 is 2.58 bits per heavy atom. The third kappa shape index (κ3) is 4.84. The lowest BCUT2D eigenvalue weighted by Gasteiger charge is -2.34. The van der Waals surface area contributed by atoms with E-state index in [2.05, 4.69) is 32.8 Å². The molecule has 2 saturated heterocycles. The van der Waals surface area contributed by atoms with E-state index in [0.29, 0.717) is 6.04 Å². The molecular weight excluding hydrogens is 344 g/mol. The van der Waals surface area contributed by atoms with E-state index in [0.717, 1.165) is 58.2 Å². The lowest BCUT2D eigenvalue weighted by Crippen LogP contribution is -2.46. The number of hydrogen-bond acceptors (Lipinski definition) is 6. The maximum atomic E-state index is 5.82. The summed E-state index contributed by atoms with van der Waals surface area (Å²) in [5.41, 5.74) is 6.58. The van der Waals surface area contributed by atoms with Gasteiger partial charge in [0, 0.05) is 55.6 Å². The zero-order chi connectivity index (χ0) is 17.6. The quantitative estimate of drug-likeness (QED) is 0.781. The van der Waals surface area contributed by atoms with Crippen LogP contribution in [0.15, 0.2) is 42.5 Å². The lowest BCUT2D eigenvalue weighted by atomic mass is 10.2. The van der Waals surface area contributed by atoms with Gasteiger partial charge in [-0.3, -0.25) is 15.2 Å². The first-order valence-corrected chi connectivity index (χ1v) is 10.4. The molecule has 4 rings (SSSR count).